The number of alkyl halides is 3. The van der Waals surface area contributed by atoms with Crippen LogP contribution in [0.5, 0.6) is 0 Å². The number of benzene rings is 2. The van der Waals surface area contributed by atoms with Crippen molar-refractivity contribution in [3.05, 3.63) is 77.5 Å². The Labute approximate surface area is 184 Å². The van der Waals surface area contributed by atoms with Crippen molar-refractivity contribution < 1.29 is 22.8 Å². The van der Waals surface area contributed by atoms with Gasteiger partial charge in [-0.05, 0) is 63.1 Å². The first-order chi connectivity index (χ1) is 15.2. The molecule has 0 unspecified atom stereocenters. The molecule has 8 heteroatoms. The van der Waals surface area contributed by atoms with Gasteiger partial charge in [0, 0.05) is 12.2 Å². The van der Waals surface area contributed by atoms with Gasteiger partial charge in [0.25, 0.3) is 0 Å². The van der Waals surface area contributed by atoms with E-state index in [0.29, 0.717) is 24.2 Å². The molecule has 0 saturated carbocycles. The zero-order valence-corrected chi connectivity index (χ0v) is 17.7. The molecule has 2 aromatic carbocycles. The van der Waals surface area contributed by atoms with Gasteiger partial charge in [-0.25, -0.2) is 14.5 Å². The predicted octanol–water partition coefficient (Wildman–Crippen LogP) is 6.85. The number of hydrogen-bond acceptors (Lipinski definition) is 2. The van der Waals surface area contributed by atoms with E-state index in [1.54, 1.807) is 43.3 Å². The summed E-state index contributed by atoms with van der Waals surface area (Å²) in [6.45, 7) is 3.87. The van der Waals surface area contributed by atoms with Gasteiger partial charge >= 0.3 is 18.2 Å². The summed E-state index contributed by atoms with van der Waals surface area (Å²) in [6.07, 6.45) is 0.141. The number of allylic oxidation sites excluding steroid dienone is 4. The number of imide groups is 1. The smallest absolute Gasteiger partial charge is 0.292 e. The number of halogens is 3. The molecule has 2 aromatic rings. The van der Waals surface area contributed by atoms with E-state index in [9.17, 15) is 22.8 Å². The highest BCUT2D eigenvalue weighted by molar-refractivity contribution is 6.17. The van der Waals surface area contributed by atoms with Crippen molar-refractivity contribution >= 4 is 29.1 Å². The monoisotopic (exact) mass is 441 g/mol. The van der Waals surface area contributed by atoms with E-state index in [2.05, 4.69) is 0 Å². The zero-order chi connectivity index (χ0) is 23.0. The van der Waals surface area contributed by atoms with Crippen molar-refractivity contribution in [2.45, 2.75) is 32.9 Å². The molecule has 4 amide bonds. The van der Waals surface area contributed by atoms with E-state index in [1.165, 1.54) is 15.9 Å². The molecule has 0 atom stereocenters. The molecular weight excluding hydrogens is 419 g/mol. The Morgan fingerprint density at radius 3 is 2.19 bits per heavy atom. The van der Waals surface area contributed by atoms with Crippen LogP contribution in [0.4, 0.5) is 39.8 Å². The molecule has 0 spiro atoms. The maximum atomic E-state index is 13.8. The minimum Gasteiger partial charge on any atom is -0.292 e. The Morgan fingerprint density at radius 2 is 1.59 bits per heavy atom. The quantitative estimate of drug-likeness (QED) is 0.523. The summed E-state index contributed by atoms with van der Waals surface area (Å²) in [7, 11) is 0. The van der Waals surface area contributed by atoms with Gasteiger partial charge < -0.3 is 0 Å². The van der Waals surface area contributed by atoms with E-state index >= 15 is 0 Å². The lowest BCUT2D eigenvalue weighted by atomic mass is 10.0. The van der Waals surface area contributed by atoms with Crippen LogP contribution in [0.15, 0.2) is 72.0 Å². The standard InChI is InChI=1S/C24H22F3N3O2/c1-3-28-20-14-11-17(24(25,26)27)15-21(20)29(18-7-5-4-6-8-18)23(32)30(22(28)31)19-12-9-16(2)10-13-19/h4-9,11-12,14-15H,3,10,13H2,1-2H3. The second-order valence-corrected chi connectivity index (χ2v) is 7.69. The van der Waals surface area contributed by atoms with Crippen LogP contribution in [-0.2, 0) is 6.18 Å². The highest BCUT2D eigenvalue weighted by atomic mass is 19.4. The van der Waals surface area contributed by atoms with Crippen LogP contribution in [0.25, 0.3) is 0 Å². The summed E-state index contributed by atoms with van der Waals surface area (Å²) in [4.78, 5) is 30.9. The molecule has 0 fully saturated rings. The fourth-order valence-electron chi connectivity index (χ4n) is 3.91. The Bertz CT molecular complexity index is 1120. The molecule has 1 aliphatic carbocycles. The molecule has 2 aliphatic rings. The third-order valence-corrected chi connectivity index (χ3v) is 5.59. The SMILES string of the molecule is CCN1C(=O)N(C2=CC=C(C)CC2)C(=O)N(c2ccccc2)c2cc(C(F)(F)F)ccc21. The third kappa shape index (κ3) is 3.77. The topological polar surface area (TPSA) is 43.9 Å². The Balaban J connectivity index is 1.97. The maximum absolute atomic E-state index is 13.8. The molecule has 32 heavy (non-hydrogen) atoms. The van der Waals surface area contributed by atoms with Crippen molar-refractivity contribution in [2.75, 3.05) is 16.3 Å². The normalized spacial score (nSPS) is 17.1. The van der Waals surface area contributed by atoms with Gasteiger partial charge in [0.05, 0.1) is 22.6 Å². The van der Waals surface area contributed by atoms with Crippen molar-refractivity contribution in [1.82, 2.24) is 4.90 Å². The first-order valence-corrected chi connectivity index (χ1v) is 10.3. The van der Waals surface area contributed by atoms with Crippen LogP contribution in [0, 0.1) is 0 Å². The number of carbonyl (C=O) groups excluding carboxylic acids is 2. The van der Waals surface area contributed by atoms with Crippen LogP contribution in [0.2, 0.25) is 0 Å². The first kappa shape index (κ1) is 21.7. The largest absolute Gasteiger partial charge is 0.416 e. The van der Waals surface area contributed by atoms with Crippen LogP contribution in [-0.4, -0.2) is 23.5 Å². The average Bonchev–Trinajstić information content (AvgIpc) is 2.85. The Morgan fingerprint density at radius 1 is 0.875 bits per heavy atom. The first-order valence-electron chi connectivity index (χ1n) is 10.3. The Hall–Kier alpha value is -3.55. The van der Waals surface area contributed by atoms with E-state index in [-0.39, 0.29) is 17.9 Å². The highest BCUT2D eigenvalue weighted by Gasteiger charge is 2.41. The molecule has 1 heterocycles. The van der Waals surface area contributed by atoms with E-state index in [0.717, 1.165) is 22.6 Å². The van der Waals surface area contributed by atoms with E-state index in [4.69, 9.17) is 0 Å². The second-order valence-electron chi connectivity index (χ2n) is 7.69. The van der Waals surface area contributed by atoms with Gasteiger partial charge in [0.15, 0.2) is 0 Å². The van der Waals surface area contributed by atoms with Gasteiger partial charge in [0.2, 0.25) is 0 Å². The number of para-hydroxylation sites is 1. The maximum Gasteiger partial charge on any atom is 0.416 e. The average molecular weight is 441 g/mol. The number of rotatable bonds is 3. The summed E-state index contributed by atoms with van der Waals surface area (Å²) in [6, 6.07) is 10.2. The number of amides is 4. The third-order valence-electron chi connectivity index (χ3n) is 5.59. The summed E-state index contributed by atoms with van der Waals surface area (Å²) >= 11 is 0. The van der Waals surface area contributed by atoms with Crippen LogP contribution < -0.4 is 9.80 Å². The number of hydrogen-bond donors (Lipinski definition) is 0. The zero-order valence-electron chi connectivity index (χ0n) is 17.7. The summed E-state index contributed by atoms with van der Waals surface area (Å²) < 4.78 is 40.6. The molecule has 0 bridgehead atoms. The van der Waals surface area contributed by atoms with Crippen LogP contribution in [0.3, 0.4) is 0 Å². The second kappa shape index (κ2) is 8.18. The lowest BCUT2D eigenvalue weighted by Crippen LogP contribution is -2.47. The summed E-state index contributed by atoms with van der Waals surface area (Å²) in [5, 5.41) is 0. The van der Waals surface area contributed by atoms with E-state index < -0.39 is 23.8 Å². The lowest BCUT2D eigenvalue weighted by molar-refractivity contribution is -0.137. The highest BCUT2D eigenvalue weighted by Crippen LogP contribution is 2.43. The van der Waals surface area contributed by atoms with Crippen LogP contribution in [0.1, 0.15) is 32.3 Å². The minimum atomic E-state index is -4.60. The Kier molecular flexibility index (Phi) is 5.54. The van der Waals surface area contributed by atoms with Gasteiger partial charge in [-0.1, -0.05) is 29.8 Å². The molecule has 5 nitrogen and oxygen atoms in total. The molecule has 0 saturated heterocycles. The molecule has 0 N–H and O–H groups in total. The summed E-state index contributed by atoms with van der Waals surface area (Å²) in [5.74, 6) is 0. The van der Waals surface area contributed by atoms with Gasteiger partial charge in [0.1, 0.15) is 0 Å². The minimum absolute atomic E-state index is 0.0110. The molecule has 0 radical (unpaired) electrons. The molecule has 166 valence electrons. The van der Waals surface area contributed by atoms with Crippen molar-refractivity contribution in [1.29, 1.82) is 0 Å². The molecular formula is C24H22F3N3O2. The van der Waals surface area contributed by atoms with Gasteiger partial charge in [-0.3, -0.25) is 9.80 Å². The number of urea groups is 2. The fourth-order valence-corrected chi connectivity index (χ4v) is 3.91. The number of nitrogens with zero attached hydrogens (tertiary/aromatic N) is 3. The van der Waals surface area contributed by atoms with Crippen LogP contribution >= 0.6 is 0 Å². The van der Waals surface area contributed by atoms with Gasteiger partial charge in [-0.15, -0.1) is 0 Å². The van der Waals surface area contributed by atoms with Crippen molar-refractivity contribution in [2.24, 2.45) is 0 Å². The number of anilines is 3. The van der Waals surface area contributed by atoms with E-state index in [1.807, 2.05) is 13.0 Å². The predicted molar refractivity (Wildman–Crippen MR) is 117 cm³/mol. The lowest BCUT2D eigenvalue weighted by Gasteiger charge is -2.30. The summed E-state index contributed by atoms with van der Waals surface area (Å²) in [5.41, 5.74) is 1.36. The van der Waals surface area contributed by atoms with Crippen molar-refractivity contribution in [3.63, 3.8) is 0 Å². The molecule has 0 aromatic heterocycles. The number of carbonyl (C=O) groups is 2. The molecule has 1 aliphatic heterocycles. The molecule has 4 rings (SSSR count). The number of fused-ring (bicyclic) bond motifs is 1. The van der Waals surface area contributed by atoms with Crippen molar-refractivity contribution in [3.8, 4) is 0 Å². The fraction of sp³-hybridized carbons (Fsp3) is 0.250. The van der Waals surface area contributed by atoms with Gasteiger partial charge in [-0.2, -0.15) is 13.2 Å².